The Labute approximate surface area is 228 Å². The van der Waals surface area contributed by atoms with Gasteiger partial charge in [-0.15, -0.1) is 6.42 Å². The minimum Gasteiger partial charge on any atom is -0.481 e. The summed E-state index contributed by atoms with van der Waals surface area (Å²) in [4.78, 5) is 22.4. The quantitative estimate of drug-likeness (QED) is 0.184. The van der Waals surface area contributed by atoms with Gasteiger partial charge in [0.25, 0.3) is 0 Å². The number of aromatic nitrogens is 3. The van der Waals surface area contributed by atoms with E-state index in [0.29, 0.717) is 60.9 Å². The highest BCUT2D eigenvalue weighted by atomic mass is 16.5. The highest BCUT2D eigenvalue weighted by Crippen LogP contribution is 2.30. The Hall–Kier alpha value is -4.19. The van der Waals surface area contributed by atoms with E-state index in [1.165, 1.54) is 5.56 Å². The molecule has 4 aromatic rings. The van der Waals surface area contributed by atoms with Crippen LogP contribution in [0, 0.1) is 12.3 Å². The first-order chi connectivity index (χ1) is 19.0. The maximum Gasteiger partial charge on any atom is 0.348 e. The lowest BCUT2D eigenvalue weighted by Gasteiger charge is -2.15. The van der Waals surface area contributed by atoms with Crippen LogP contribution in [0.5, 0.6) is 11.6 Å². The molecule has 0 amide bonds. The monoisotopic (exact) mass is 527 g/mol. The topological polar surface area (TPSA) is 84.7 Å². The molecule has 0 spiro atoms. The van der Waals surface area contributed by atoms with Crippen LogP contribution < -0.4 is 15.2 Å². The molecule has 2 aromatic heterocycles. The van der Waals surface area contributed by atoms with Crippen molar-refractivity contribution in [2.75, 3.05) is 40.1 Å². The van der Waals surface area contributed by atoms with Crippen molar-refractivity contribution in [3.63, 3.8) is 0 Å². The molecule has 0 fully saturated rings. The van der Waals surface area contributed by atoms with E-state index in [1.807, 2.05) is 36.4 Å². The number of ether oxygens (including phenoxy) is 4. The van der Waals surface area contributed by atoms with Gasteiger partial charge in [0, 0.05) is 24.1 Å². The lowest BCUT2D eigenvalue weighted by atomic mass is 9.99. The molecule has 0 aliphatic heterocycles. The number of methoxy groups -OCH3 is 1. The number of benzene rings is 2. The van der Waals surface area contributed by atoms with Crippen molar-refractivity contribution in [3.05, 3.63) is 82.4 Å². The molecule has 39 heavy (non-hydrogen) atoms. The molecule has 0 N–H and O–H groups in total. The van der Waals surface area contributed by atoms with Crippen molar-refractivity contribution >= 4 is 10.9 Å². The third kappa shape index (κ3) is 7.23. The maximum atomic E-state index is 13.4. The Morgan fingerprint density at radius 2 is 1.74 bits per heavy atom. The Bertz CT molecular complexity index is 1490. The molecule has 8 heteroatoms. The van der Waals surface area contributed by atoms with Crippen LogP contribution >= 0.6 is 0 Å². The Morgan fingerprint density at radius 3 is 2.49 bits per heavy atom. The van der Waals surface area contributed by atoms with Gasteiger partial charge in [-0.2, -0.15) is 4.98 Å². The fraction of sp³-hybridized carbons (Fsp3) is 0.323. The van der Waals surface area contributed by atoms with Crippen molar-refractivity contribution in [2.24, 2.45) is 0 Å². The average molecular weight is 528 g/mol. The van der Waals surface area contributed by atoms with Crippen LogP contribution in [0.4, 0.5) is 0 Å². The number of hydrogen-bond acceptors (Lipinski definition) is 7. The van der Waals surface area contributed by atoms with Gasteiger partial charge in [0.2, 0.25) is 5.88 Å². The summed E-state index contributed by atoms with van der Waals surface area (Å²) >= 11 is 0. The zero-order valence-electron chi connectivity index (χ0n) is 22.6. The van der Waals surface area contributed by atoms with Crippen LogP contribution in [0.15, 0.2) is 65.5 Å². The molecule has 202 valence electrons. The number of fused-ring (bicyclic) bond motifs is 1. The molecule has 0 aliphatic rings. The smallest absolute Gasteiger partial charge is 0.348 e. The molecule has 0 unspecified atom stereocenters. The predicted octanol–water partition coefficient (Wildman–Crippen LogP) is 4.68. The molecule has 0 bridgehead atoms. The molecular weight excluding hydrogens is 494 g/mol. The molecule has 4 rings (SSSR count). The fourth-order valence-electron chi connectivity index (χ4n) is 4.11. The fourth-order valence-corrected chi connectivity index (χ4v) is 4.11. The van der Waals surface area contributed by atoms with Crippen LogP contribution in [0.1, 0.15) is 31.0 Å². The molecule has 0 saturated carbocycles. The second-order valence-corrected chi connectivity index (χ2v) is 9.20. The van der Waals surface area contributed by atoms with Gasteiger partial charge in [0.1, 0.15) is 19.0 Å². The van der Waals surface area contributed by atoms with Crippen LogP contribution in [-0.2, 0) is 16.0 Å². The van der Waals surface area contributed by atoms with Crippen molar-refractivity contribution in [1.82, 2.24) is 14.5 Å². The normalized spacial score (nSPS) is 11.1. The molecule has 0 radical (unpaired) electrons. The maximum absolute atomic E-state index is 13.4. The second-order valence-electron chi connectivity index (χ2n) is 9.20. The van der Waals surface area contributed by atoms with Gasteiger partial charge in [0.15, 0.2) is 0 Å². The summed E-state index contributed by atoms with van der Waals surface area (Å²) in [5.41, 5.74) is 3.66. The third-order valence-electron chi connectivity index (χ3n) is 6.14. The number of rotatable bonds is 13. The SMILES string of the molecule is C#CCOc1ccc2c(c1)c(-c1ccc(C(C)C)cc1)nc(=O)n2Cc1cccc(OCCOCCOC)n1. The highest BCUT2D eigenvalue weighted by molar-refractivity contribution is 5.93. The zero-order valence-corrected chi connectivity index (χ0v) is 22.6. The zero-order chi connectivity index (χ0) is 27.6. The Morgan fingerprint density at radius 1 is 0.949 bits per heavy atom. The minimum absolute atomic E-state index is 0.144. The minimum atomic E-state index is -0.373. The first-order valence-corrected chi connectivity index (χ1v) is 12.9. The van der Waals surface area contributed by atoms with Gasteiger partial charge in [-0.3, -0.25) is 4.57 Å². The second kappa shape index (κ2) is 13.6. The van der Waals surface area contributed by atoms with Crippen molar-refractivity contribution in [2.45, 2.75) is 26.3 Å². The standard InChI is InChI=1S/C31H33N3O5/c1-5-15-38-26-13-14-28-27(20-26)30(24-11-9-23(10-12-24)22(2)3)33-31(35)34(28)21-25-7-6-8-29(32-25)39-19-18-37-17-16-36-4/h1,6-14,20,22H,15-19,21H2,2-4H3. The summed E-state index contributed by atoms with van der Waals surface area (Å²) in [6.07, 6.45) is 5.39. The highest BCUT2D eigenvalue weighted by Gasteiger charge is 2.15. The predicted molar refractivity (Wildman–Crippen MR) is 151 cm³/mol. The van der Waals surface area contributed by atoms with Gasteiger partial charge >= 0.3 is 5.69 Å². The van der Waals surface area contributed by atoms with E-state index in [0.717, 1.165) is 10.9 Å². The molecule has 0 aliphatic carbocycles. The molecule has 2 aromatic carbocycles. The molecule has 0 atom stereocenters. The molecule has 0 saturated heterocycles. The van der Waals surface area contributed by atoms with Crippen molar-refractivity contribution in [3.8, 4) is 35.2 Å². The van der Waals surface area contributed by atoms with E-state index in [9.17, 15) is 4.79 Å². The van der Waals surface area contributed by atoms with Crippen molar-refractivity contribution < 1.29 is 18.9 Å². The van der Waals surface area contributed by atoms with Gasteiger partial charge in [0.05, 0.1) is 43.3 Å². The van der Waals surface area contributed by atoms with E-state index in [2.05, 4.69) is 41.9 Å². The van der Waals surface area contributed by atoms with E-state index in [4.69, 9.17) is 25.4 Å². The first-order valence-electron chi connectivity index (χ1n) is 12.9. The largest absolute Gasteiger partial charge is 0.481 e. The van der Waals surface area contributed by atoms with Crippen LogP contribution in [0.2, 0.25) is 0 Å². The first kappa shape index (κ1) is 27.8. The summed E-state index contributed by atoms with van der Waals surface area (Å²) in [5.74, 6) is 3.95. The number of terminal acetylenes is 1. The number of hydrogen-bond donors (Lipinski definition) is 0. The lowest BCUT2D eigenvalue weighted by Crippen LogP contribution is -2.25. The lowest BCUT2D eigenvalue weighted by molar-refractivity contribution is 0.0536. The van der Waals surface area contributed by atoms with Crippen LogP contribution in [0.3, 0.4) is 0 Å². The molecular formula is C31H33N3O5. The van der Waals surface area contributed by atoms with E-state index in [-0.39, 0.29) is 18.8 Å². The average Bonchev–Trinajstić information content (AvgIpc) is 2.95. The Balaban J connectivity index is 1.66. The van der Waals surface area contributed by atoms with Crippen molar-refractivity contribution in [1.29, 1.82) is 0 Å². The van der Waals surface area contributed by atoms with Gasteiger partial charge in [-0.05, 0) is 35.7 Å². The number of nitrogens with zero attached hydrogens (tertiary/aromatic N) is 3. The van der Waals surface area contributed by atoms with E-state index >= 15 is 0 Å². The Kier molecular flexibility index (Phi) is 9.68. The summed E-state index contributed by atoms with van der Waals surface area (Å²) in [6, 6.07) is 19.1. The summed E-state index contributed by atoms with van der Waals surface area (Å²) in [7, 11) is 1.63. The van der Waals surface area contributed by atoms with E-state index < -0.39 is 0 Å². The number of pyridine rings is 1. The van der Waals surface area contributed by atoms with Crippen LogP contribution in [-0.4, -0.2) is 54.7 Å². The van der Waals surface area contributed by atoms with Gasteiger partial charge in [-0.1, -0.05) is 50.1 Å². The summed E-state index contributed by atoms with van der Waals surface area (Å²) in [6.45, 7) is 6.47. The van der Waals surface area contributed by atoms with Gasteiger partial charge in [-0.25, -0.2) is 9.78 Å². The van der Waals surface area contributed by atoms with E-state index in [1.54, 1.807) is 23.8 Å². The van der Waals surface area contributed by atoms with Gasteiger partial charge < -0.3 is 18.9 Å². The third-order valence-corrected chi connectivity index (χ3v) is 6.14. The molecule has 2 heterocycles. The molecule has 8 nitrogen and oxygen atoms in total. The summed E-state index contributed by atoms with van der Waals surface area (Å²) in [5, 5.41) is 0.780. The summed E-state index contributed by atoms with van der Waals surface area (Å²) < 4.78 is 23.4. The van der Waals surface area contributed by atoms with Crippen LogP contribution in [0.25, 0.3) is 22.2 Å².